The smallest absolute Gasteiger partial charge is 0.101 e. The van der Waals surface area contributed by atoms with Gasteiger partial charge in [0.2, 0.25) is 0 Å². The third kappa shape index (κ3) is 1.94. The Balaban J connectivity index is 3.17. The molecule has 0 N–H and O–H groups in total. The Morgan fingerprint density at radius 1 is 1.57 bits per heavy atom. The van der Waals surface area contributed by atoms with Crippen molar-refractivity contribution in [2.75, 3.05) is 18.5 Å². The Hall–Kier alpha value is -1.75. The van der Waals surface area contributed by atoms with E-state index in [1.54, 1.807) is 0 Å². The van der Waals surface area contributed by atoms with Gasteiger partial charge in [0, 0.05) is 13.6 Å². The molecule has 1 rings (SSSR count). The SMILES string of the molecule is C=CCN(C)c1c(C)cccc1C#N. The molecule has 0 bridgehead atoms. The topological polar surface area (TPSA) is 27.0 Å². The van der Waals surface area contributed by atoms with Crippen LogP contribution in [0.1, 0.15) is 11.1 Å². The largest absolute Gasteiger partial charge is 0.370 e. The number of benzene rings is 1. The zero-order chi connectivity index (χ0) is 10.6. The fraction of sp³-hybridized carbons (Fsp3) is 0.250. The Bertz CT molecular complexity index is 374. The van der Waals surface area contributed by atoms with Crippen LogP contribution in [0.4, 0.5) is 5.69 Å². The molecule has 0 aliphatic heterocycles. The summed E-state index contributed by atoms with van der Waals surface area (Å²) in [5.41, 5.74) is 2.83. The molecule has 0 aliphatic carbocycles. The molecule has 0 atom stereocenters. The molecule has 2 nitrogen and oxygen atoms in total. The molecule has 0 saturated heterocycles. The van der Waals surface area contributed by atoms with E-state index in [9.17, 15) is 0 Å². The number of aryl methyl sites for hydroxylation is 1. The average Bonchev–Trinajstić information content (AvgIpc) is 2.17. The van der Waals surface area contributed by atoms with Crippen molar-refractivity contribution in [2.45, 2.75) is 6.92 Å². The Morgan fingerprint density at radius 3 is 2.86 bits per heavy atom. The maximum Gasteiger partial charge on any atom is 0.101 e. The lowest BCUT2D eigenvalue weighted by Crippen LogP contribution is -2.18. The highest BCUT2D eigenvalue weighted by molar-refractivity contribution is 5.63. The standard InChI is InChI=1S/C12H14N2/c1-4-8-14(3)12-10(2)6-5-7-11(12)9-13/h4-7H,1,8H2,2-3H3. The van der Waals surface area contributed by atoms with Crippen molar-refractivity contribution < 1.29 is 0 Å². The zero-order valence-electron chi connectivity index (χ0n) is 8.62. The van der Waals surface area contributed by atoms with Crippen LogP contribution in [0.2, 0.25) is 0 Å². The monoisotopic (exact) mass is 186 g/mol. The molecular weight excluding hydrogens is 172 g/mol. The van der Waals surface area contributed by atoms with Gasteiger partial charge in [-0.25, -0.2) is 0 Å². The third-order valence-corrected chi connectivity index (χ3v) is 2.14. The van der Waals surface area contributed by atoms with Gasteiger partial charge in [0.15, 0.2) is 0 Å². The predicted molar refractivity (Wildman–Crippen MR) is 59.4 cm³/mol. The molecule has 14 heavy (non-hydrogen) atoms. The molecule has 0 aliphatic rings. The van der Waals surface area contributed by atoms with Crippen molar-refractivity contribution in [2.24, 2.45) is 0 Å². The van der Waals surface area contributed by atoms with Gasteiger partial charge in [0.25, 0.3) is 0 Å². The number of likely N-dealkylation sites (N-methyl/N-ethyl adjacent to an activating group) is 1. The van der Waals surface area contributed by atoms with E-state index in [1.807, 2.05) is 43.1 Å². The van der Waals surface area contributed by atoms with Crippen LogP contribution < -0.4 is 4.90 Å². The van der Waals surface area contributed by atoms with E-state index in [4.69, 9.17) is 5.26 Å². The second kappa shape index (κ2) is 4.48. The van der Waals surface area contributed by atoms with Gasteiger partial charge in [0.1, 0.15) is 6.07 Å². The lowest BCUT2D eigenvalue weighted by molar-refractivity contribution is 1.02. The van der Waals surface area contributed by atoms with E-state index >= 15 is 0 Å². The van der Waals surface area contributed by atoms with Crippen LogP contribution in [-0.4, -0.2) is 13.6 Å². The van der Waals surface area contributed by atoms with E-state index < -0.39 is 0 Å². The molecule has 0 unspecified atom stereocenters. The van der Waals surface area contributed by atoms with E-state index in [-0.39, 0.29) is 0 Å². The van der Waals surface area contributed by atoms with E-state index in [0.29, 0.717) is 5.56 Å². The number of rotatable bonds is 3. The number of anilines is 1. The lowest BCUT2D eigenvalue weighted by Gasteiger charge is -2.20. The molecule has 0 saturated carbocycles. The molecule has 1 aromatic rings. The van der Waals surface area contributed by atoms with Crippen LogP contribution in [-0.2, 0) is 0 Å². The van der Waals surface area contributed by atoms with Crippen LogP contribution in [0.3, 0.4) is 0 Å². The van der Waals surface area contributed by atoms with Crippen LogP contribution in [0, 0.1) is 18.3 Å². The van der Waals surface area contributed by atoms with Gasteiger partial charge in [0.05, 0.1) is 11.3 Å². The highest BCUT2D eigenvalue weighted by Crippen LogP contribution is 2.23. The van der Waals surface area contributed by atoms with Crippen LogP contribution in [0.5, 0.6) is 0 Å². The Labute approximate surface area is 85.1 Å². The Morgan fingerprint density at radius 2 is 2.29 bits per heavy atom. The number of nitrogens with zero attached hydrogens (tertiary/aromatic N) is 2. The summed E-state index contributed by atoms with van der Waals surface area (Å²) in [5.74, 6) is 0. The van der Waals surface area contributed by atoms with Crippen molar-refractivity contribution in [1.82, 2.24) is 0 Å². The molecule has 0 radical (unpaired) electrons. The van der Waals surface area contributed by atoms with Gasteiger partial charge in [-0.2, -0.15) is 5.26 Å². The molecule has 0 fully saturated rings. The molecule has 2 heteroatoms. The Kier molecular flexibility index (Phi) is 3.30. The van der Waals surface area contributed by atoms with Crippen molar-refractivity contribution in [3.8, 4) is 6.07 Å². The van der Waals surface area contributed by atoms with Crippen molar-refractivity contribution in [3.05, 3.63) is 42.0 Å². The molecule has 0 amide bonds. The maximum atomic E-state index is 8.96. The highest BCUT2D eigenvalue weighted by Gasteiger charge is 2.08. The van der Waals surface area contributed by atoms with Crippen LogP contribution >= 0.6 is 0 Å². The van der Waals surface area contributed by atoms with Gasteiger partial charge >= 0.3 is 0 Å². The van der Waals surface area contributed by atoms with Gasteiger partial charge in [-0.3, -0.25) is 0 Å². The number of para-hydroxylation sites is 1. The summed E-state index contributed by atoms with van der Waals surface area (Å²) in [6.07, 6.45) is 1.83. The van der Waals surface area contributed by atoms with E-state index in [2.05, 4.69) is 12.6 Å². The minimum Gasteiger partial charge on any atom is -0.370 e. The van der Waals surface area contributed by atoms with Gasteiger partial charge < -0.3 is 4.90 Å². The number of hydrogen-bond donors (Lipinski definition) is 0. The normalized spacial score (nSPS) is 9.21. The fourth-order valence-corrected chi connectivity index (χ4v) is 1.54. The van der Waals surface area contributed by atoms with Crippen molar-refractivity contribution in [3.63, 3.8) is 0 Å². The summed E-state index contributed by atoms with van der Waals surface area (Å²) in [6, 6.07) is 7.95. The highest BCUT2D eigenvalue weighted by atomic mass is 15.1. The predicted octanol–water partition coefficient (Wildman–Crippen LogP) is 2.49. The minimum absolute atomic E-state index is 0.717. The van der Waals surface area contributed by atoms with Gasteiger partial charge in [-0.05, 0) is 18.6 Å². The second-order valence-electron chi connectivity index (χ2n) is 3.25. The quantitative estimate of drug-likeness (QED) is 0.678. The fourth-order valence-electron chi connectivity index (χ4n) is 1.54. The summed E-state index contributed by atoms with van der Waals surface area (Å²) in [6.45, 7) is 6.45. The maximum absolute atomic E-state index is 8.96. The first-order valence-electron chi connectivity index (χ1n) is 4.52. The lowest BCUT2D eigenvalue weighted by atomic mass is 10.1. The first kappa shape index (κ1) is 10.3. The molecule has 0 aromatic heterocycles. The molecule has 0 spiro atoms. The summed E-state index contributed by atoms with van der Waals surface area (Å²) < 4.78 is 0. The van der Waals surface area contributed by atoms with Crippen molar-refractivity contribution in [1.29, 1.82) is 5.26 Å². The second-order valence-corrected chi connectivity index (χ2v) is 3.25. The van der Waals surface area contributed by atoms with E-state index in [1.165, 1.54) is 0 Å². The summed E-state index contributed by atoms with van der Waals surface area (Å²) >= 11 is 0. The van der Waals surface area contributed by atoms with Crippen LogP contribution in [0.25, 0.3) is 0 Å². The first-order valence-corrected chi connectivity index (χ1v) is 4.52. The molecule has 72 valence electrons. The average molecular weight is 186 g/mol. The van der Waals surface area contributed by atoms with Crippen LogP contribution in [0.15, 0.2) is 30.9 Å². The number of hydrogen-bond acceptors (Lipinski definition) is 2. The molecule has 0 heterocycles. The summed E-state index contributed by atoms with van der Waals surface area (Å²) in [7, 11) is 1.96. The van der Waals surface area contributed by atoms with Gasteiger partial charge in [-0.1, -0.05) is 18.2 Å². The first-order chi connectivity index (χ1) is 6.70. The third-order valence-electron chi connectivity index (χ3n) is 2.14. The zero-order valence-corrected chi connectivity index (χ0v) is 8.62. The van der Waals surface area contributed by atoms with Crippen molar-refractivity contribution >= 4 is 5.69 Å². The van der Waals surface area contributed by atoms with E-state index in [0.717, 1.165) is 17.8 Å². The summed E-state index contributed by atoms with van der Waals surface area (Å²) in [4.78, 5) is 2.03. The molecule has 1 aromatic carbocycles. The number of nitriles is 1. The minimum atomic E-state index is 0.717. The molecular formula is C12H14N2. The summed E-state index contributed by atoms with van der Waals surface area (Å²) in [5, 5.41) is 8.96. The van der Waals surface area contributed by atoms with Gasteiger partial charge in [-0.15, -0.1) is 6.58 Å².